The summed E-state index contributed by atoms with van der Waals surface area (Å²) in [6.45, 7) is 6.41. The molecule has 0 saturated heterocycles. The van der Waals surface area contributed by atoms with E-state index in [9.17, 15) is 14.4 Å². The Bertz CT molecular complexity index is 715. The van der Waals surface area contributed by atoms with E-state index in [0.29, 0.717) is 12.2 Å². The minimum absolute atomic E-state index is 0.104. The van der Waals surface area contributed by atoms with Crippen molar-refractivity contribution in [2.24, 2.45) is 17.3 Å². The minimum Gasteiger partial charge on any atom is -0.497 e. The fourth-order valence-electron chi connectivity index (χ4n) is 3.21. The van der Waals surface area contributed by atoms with Gasteiger partial charge in [0.05, 0.1) is 31.0 Å². The number of methoxy groups -OCH3 is 1. The van der Waals surface area contributed by atoms with Crippen molar-refractivity contribution < 1.29 is 38.4 Å². The van der Waals surface area contributed by atoms with Crippen LogP contribution in [0, 0.1) is 17.3 Å². The number of rotatable bonds is 13. The van der Waals surface area contributed by atoms with Crippen LogP contribution < -0.4 is 4.74 Å². The molecule has 0 saturated carbocycles. The van der Waals surface area contributed by atoms with E-state index in [1.807, 2.05) is 0 Å². The number of aliphatic hydroxyl groups excluding tert-OH is 1. The first-order valence-electron chi connectivity index (χ1n) is 10.4. The molecule has 31 heavy (non-hydrogen) atoms. The largest absolute Gasteiger partial charge is 0.497 e. The van der Waals surface area contributed by atoms with Crippen LogP contribution in [0.2, 0.25) is 0 Å². The summed E-state index contributed by atoms with van der Waals surface area (Å²) in [5.41, 5.74) is -0.180. The lowest BCUT2D eigenvalue weighted by Gasteiger charge is -2.30. The van der Waals surface area contributed by atoms with E-state index >= 15 is 0 Å². The summed E-state index contributed by atoms with van der Waals surface area (Å²) in [7, 11) is 1.57. The summed E-state index contributed by atoms with van der Waals surface area (Å²) < 4.78 is 20.4. The van der Waals surface area contributed by atoms with Gasteiger partial charge in [0.2, 0.25) is 0 Å². The normalized spacial score (nSPS) is 14.6. The number of hydrogen-bond acceptors (Lipinski definition) is 8. The van der Waals surface area contributed by atoms with Gasteiger partial charge in [0, 0.05) is 0 Å². The van der Waals surface area contributed by atoms with E-state index in [2.05, 4.69) is 0 Å². The third-order valence-electron chi connectivity index (χ3n) is 5.37. The minimum atomic E-state index is -0.993. The van der Waals surface area contributed by atoms with E-state index in [-0.39, 0.29) is 26.1 Å². The maximum atomic E-state index is 12.5. The monoisotopic (exact) mass is 438 g/mol. The van der Waals surface area contributed by atoms with E-state index in [1.54, 1.807) is 59.1 Å². The first-order chi connectivity index (χ1) is 14.7. The van der Waals surface area contributed by atoms with Gasteiger partial charge in [-0.3, -0.25) is 14.4 Å². The quantitative estimate of drug-likeness (QED) is 0.284. The van der Waals surface area contributed by atoms with Crippen molar-refractivity contribution in [2.75, 3.05) is 20.5 Å². The van der Waals surface area contributed by atoms with Gasteiger partial charge in [0.15, 0.2) is 6.79 Å². The lowest BCUT2D eigenvalue weighted by Crippen LogP contribution is -2.35. The highest BCUT2D eigenvalue weighted by Gasteiger charge is 2.39. The first kappa shape index (κ1) is 26.4. The van der Waals surface area contributed by atoms with Gasteiger partial charge in [0.25, 0.3) is 0 Å². The summed E-state index contributed by atoms with van der Waals surface area (Å²) in [5, 5.41) is 8.92. The lowest BCUT2D eigenvalue weighted by atomic mass is 9.76. The van der Waals surface area contributed by atoms with Crippen molar-refractivity contribution in [1.82, 2.24) is 0 Å². The number of benzene rings is 1. The van der Waals surface area contributed by atoms with Gasteiger partial charge in [-0.2, -0.15) is 0 Å². The van der Waals surface area contributed by atoms with Crippen LogP contribution in [0.5, 0.6) is 5.75 Å². The summed E-state index contributed by atoms with van der Waals surface area (Å²) in [6, 6.07) is 7.16. The highest BCUT2D eigenvalue weighted by molar-refractivity contribution is 5.79. The zero-order valence-electron chi connectivity index (χ0n) is 19.0. The SMILES string of the molecule is CCOC(=O)C(CC(C)C(=O)OCc1ccc(OC)cc1)CC(C)(CC)C(=O)OCO. The highest BCUT2D eigenvalue weighted by Crippen LogP contribution is 2.35. The maximum Gasteiger partial charge on any atom is 0.313 e. The first-order valence-corrected chi connectivity index (χ1v) is 10.4. The van der Waals surface area contributed by atoms with Gasteiger partial charge >= 0.3 is 17.9 Å². The van der Waals surface area contributed by atoms with E-state index in [0.717, 1.165) is 5.56 Å². The van der Waals surface area contributed by atoms with Gasteiger partial charge < -0.3 is 24.1 Å². The van der Waals surface area contributed by atoms with Crippen molar-refractivity contribution in [2.45, 2.75) is 53.6 Å². The Balaban J connectivity index is 2.81. The predicted molar refractivity (Wildman–Crippen MR) is 113 cm³/mol. The Morgan fingerprint density at radius 3 is 2.19 bits per heavy atom. The smallest absolute Gasteiger partial charge is 0.313 e. The van der Waals surface area contributed by atoms with Gasteiger partial charge in [-0.25, -0.2) is 0 Å². The molecule has 1 aromatic rings. The van der Waals surface area contributed by atoms with Gasteiger partial charge in [-0.1, -0.05) is 26.0 Å². The molecular formula is C23H34O8. The van der Waals surface area contributed by atoms with Gasteiger partial charge in [-0.05, 0) is 50.8 Å². The van der Waals surface area contributed by atoms with Crippen LogP contribution >= 0.6 is 0 Å². The molecule has 0 spiro atoms. The molecule has 3 atom stereocenters. The Morgan fingerprint density at radius 1 is 1.03 bits per heavy atom. The zero-order chi connectivity index (χ0) is 23.4. The second-order valence-corrected chi connectivity index (χ2v) is 7.72. The molecule has 0 heterocycles. The third kappa shape index (κ3) is 8.20. The summed E-state index contributed by atoms with van der Waals surface area (Å²) >= 11 is 0. The molecule has 0 aromatic heterocycles. The molecule has 0 fully saturated rings. The molecule has 0 aliphatic rings. The van der Waals surface area contributed by atoms with E-state index in [4.69, 9.17) is 24.1 Å². The van der Waals surface area contributed by atoms with Gasteiger partial charge in [0.1, 0.15) is 12.4 Å². The van der Waals surface area contributed by atoms with E-state index in [1.165, 1.54) is 0 Å². The molecule has 1 rings (SSSR count). The zero-order valence-corrected chi connectivity index (χ0v) is 19.0. The molecule has 1 aromatic carbocycles. The Labute approximate surface area is 183 Å². The molecule has 0 aliphatic heterocycles. The second-order valence-electron chi connectivity index (χ2n) is 7.72. The molecule has 0 amide bonds. The Morgan fingerprint density at radius 2 is 1.68 bits per heavy atom. The average molecular weight is 439 g/mol. The lowest BCUT2D eigenvalue weighted by molar-refractivity contribution is -0.166. The summed E-state index contributed by atoms with van der Waals surface area (Å²) in [5.74, 6) is -2.08. The predicted octanol–water partition coefficient (Wildman–Crippen LogP) is 3.24. The van der Waals surface area contributed by atoms with Crippen LogP contribution in [0.15, 0.2) is 24.3 Å². The summed E-state index contributed by atoms with van der Waals surface area (Å²) in [6.07, 6.45) is 0.706. The molecule has 0 bridgehead atoms. The molecule has 174 valence electrons. The van der Waals surface area contributed by atoms with Crippen molar-refractivity contribution in [1.29, 1.82) is 0 Å². The van der Waals surface area contributed by atoms with Crippen LogP contribution in [0.25, 0.3) is 0 Å². The van der Waals surface area contributed by atoms with Crippen molar-refractivity contribution in [3.63, 3.8) is 0 Å². The molecule has 0 radical (unpaired) electrons. The third-order valence-corrected chi connectivity index (χ3v) is 5.37. The number of ether oxygens (including phenoxy) is 4. The molecule has 0 aliphatic carbocycles. The van der Waals surface area contributed by atoms with Crippen LogP contribution in [0.4, 0.5) is 0 Å². The van der Waals surface area contributed by atoms with Crippen molar-refractivity contribution in [3.05, 3.63) is 29.8 Å². The number of aliphatic hydroxyl groups is 1. The number of carbonyl (C=O) groups is 3. The average Bonchev–Trinajstić information content (AvgIpc) is 2.77. The molecule has 3 unspecified atom stereocenters. The van der Waals surface area contributed by atoms with Crippen molar-refractivity contribution in [3.8, 4) is 5.75 Å². The number of hydrogen-bond donors (Lipinski definition) is 1. The maximum absolute atomic E-state index is 12.5. The number of esters is 3. The van der Waals surface area contributed by atoms with Crippen LogP contribution in [0.1, 0.15) is 52.5 Å². The second kappa shape index (κ2) is 12.9. The standard InChI is InChI=1S/C23H34O8/c1-6-23(4,22(27)31-15-24)13-18(21(26)29-7-2)12-16(3)20(25)30-14-17-8-10-19(28-5)11-9-17/h8-11,16,18,24H,6-7,12-15H2,1-5H3. The van der Waals surface area contributed by atoms with Crippen LogP contribution in [0.3, 0.4) is 0 Å². The summed E-state index contributed by atoms with van der Waals surface area (Å²) in [4.78, 5) is 37.3. The van der Waals surface area contributed by atoms with E-state index < -0.39 is 42.0 Å². The number of carbonyl (C=O) groups excluding carboxylic acids is 3. The van der Waals surface area contributed by atoms with Gasteiger partial charge in [-0.15, -0.1) is 0 Å². The fourth-order valence-corrected chi connectivity index (χ4v) is 3.21. The molecular weight excluding hydrogens is 404 g/mol. The molecule has 8 heteroatoms. The molecule has 1 N–H and O–H groups in total. The van der Waals surface area contributed by atoms with Crippen LogP contribution in [-0.4, -0.2) is 43.5 Å². The topological polar surface area (TPSA) is 108 Å². The highest BCUT2D eigenvalue weighted by atomic mass is 16.6. The Kier molecular flexibility index (Phi) is 11.0. The van der Waals surface area contributed by atoms with Crippen molar-refractivity contribution >= 4 is 17.9 Å². The Hall–Kier alpha value is -2.61. The fraction of sp³-hybridized carbons (Fsp3) is 0.609. The molecule has 8 nitrogen and oxygen atoms in total. The van der Waals surface area contributed by atoms with Crippen LogP contribution in [-0.2, 0) is 35.2 Å².